The summed E-state index contributed by atoms with van der Waals surface area (Å²) in [7, 11) is 0. The van der Waals surface area contributed by atoms with E-state index in [4.69, 9.17) is 9.47 Å². The summed E-state index contributed by atoms with van der Waals surface area (Å²) in [6, 6.07) is 9.99. The third-order valence-electron chi connectivity index (χ3n) is 5.13. The summed E-state index contributed by atoms with van der Waals surface area (Å²) in [4.78, 5) is 13.4. The van der Waals surface area contributed by atoms with Gasteiger partial charge in [0.2, 0.25) is 5.88 Å². The van der Waals surface area contributed by atoms with E-state index in [0.717, 1.165) is 48.9 Å². The van der Waals surface area contributed by atoms with Crippen molar-refractivity contribution in [3.63, 3.8) is 0 Å². The van der Waals surface area contributed by atoms with Crippen molar-refractivity contribution in [1.82, 2.24) is 14.9 Å². The Hall–Kier alpha value is -2.81. The van der Waals surface area contributed by atoms with Gasteiger partial charge in [0.15, 0.2) is 5.82 Å². The Morgan fingerprint density at radius 2 is 1.97 bits per heavy atom. The van der Waals surface area contributed by atoms with Crippen molar-refractivity contribution in [1.29, 1.82) is 0 Å². The second kappa shape index (κ2) is 10.5. The molecular weight excluding hydrogens is 410 g/mol. The molecule has 0 unspecified atom stereocenters. The molecule has 1 N–H and O–H groups in total. The highest BCUT2D eigenvalue weighted by molar-refractivity contribution is 7.13. The number of thiophene rings is 1. The monoisotopic (exact) mass is 437 g/mol. The Morgan fingerprint density at radius 3 is 2.71 bits per heavy atom. The number of aryl methyl sites for hydroxylation is 2. The van der Waals surface area contributed by atoms with E-state index in [1.54, 1.807) is 23.7 Å². The molecule has 0 radical (unpaired) electrons. The van der Waals surface area contributed by atoms with Crippen molar-refractivity contribution in [2.45, 2.75) is 13.8 Å². The van der Waals surface area contributed by atoms with Crippen molar-refractivity contribution >= 4 is 23.4 Å². The fourth-order valence-electron chi connectivity index (χ4n) is 3.28. The van der Waals surface area contributed by atoms with Gasteiger partial charge in [0.05, 0.1) is 19.4 Å². The highest BCUT2D eigenvalue weighted by atomic mass is 32.1. The van der Waals surface area contributed by atoms with Gasteiger partial charge >= 0.3 is 0 Å². The van der Waals surface area contributed by atoms with Gasteiger partial charge in [-0.2, -0.15) is 10.1 Å². The number of rotatable bonds is 8. The number of morpholine rings is 1. The molecule has 0 aliphatic carbocycles. The topological polar surface area (TPSA) is 71.9 Å². The summed E-state index contributed by atoms with van der Waals surface area (Å²) in [5, 5.41) is 4.38. The number of hydrazone groups is 1. The summed E-state index contributed by atoms with van der Waals surface area (Å²) in [6.45, 7) is 9.10. The van der Waals surface area contributed by atoms with E-state index in [-0.39, 0.29) is 0 Å². The standard InChI is InChI=1S/C23H27N5O2S/c1-17-13-21(31-18(17)2)16-25-27-22-14-20(19-3-5-24-6-4-19)15-23(26-22)30-12-9-28-7-10-29-11-8-28/h3-6,13-16H,7-12H2,1-2H3,(H,26,27). The lowest BCUT2D eigenvalue weighted by Gasteiger charge is -2.26. The average molecular weight is 438 g/mol. The van der Waals surface area contributed by atoms with Gasteiger partial charge in [0.25, 0.3) is 0 Å². The highest BCUT2D eigenvalue weighted by Crippen LogP contribution is 2.26. The molecule has 0 amide bonds. The van der Waals surface area contributed by atoms with Gasteiger partial charge in [-0.1, -0.05) is 0 Å². The molecule has 1 aliphatic heterocycles. The zero-order valence-electron chi connectivity index (χ0n) is 17.9. The van der Waals surface area contributed by atoms with Crippen LogP contribution in [0.1, 0.15) is 15.3 Å². The summed E-state index contributed by atoms with van der Waals surface area (Å²) < 4.78 is 11.4. The molecular formula is C23H27N5O2S. The molecule has 1 saturated heterocycles. The van der Waals surface area contributed by atoms with Gasteiger partial charge in [-0.05, 0) is 54.8 Å². The maximum absolute atomic E-state index is 6.00. The normalized spacial score (nSPS) is 14.8. The molecule has 7 nitrogen and oxygen atoms in total. The molecule has 0 atom stereocenters. The van der Waals surface area contributed by atoms with E-state index in [2.05, 4.69) is 45.3 Å². The van der Waals surface area contributed by atoms with Crippen molar-refractivity contribution in [3.05, 3.63) is 58.0 Å². The van der Waals surface area contributed by atoms with Crippen molar-refractivity contribution in [2.75, 3.05) is 44.9 Å². The molecule has 0 bridgehead atoms. The third-order valence-corrected chi connectivity index (χ3v) is 6.22. The minimum absolute atomic E-state index is 0.572. The van der Waals surface area contributed by atoms with Crippen LogP contribution in [0.5, 0.6) is 5.88 Å². The number of anilines is 1. The molecule has 31 heavy (non-hydrogen) atoms. The maximum Gasteiger partial charge on any atom is 0.215 e. The number of nitrogens with one attached hydrogen (secondary N) is 1. The first-order valence-electron chi connectivity index (χ1n) is 10.4. The molecule has 1 fully saturated rings. The zero-order valence-corrected chi connectivity index (χ0v) is 18.7. The summed E-state index contributed by atoms with van der Waals surface area (Å²) in [5.74, 6) is 1.21. The van der Waals surface area contributed by atoms with Crippen LogP contribution in [0.2, 0.25) is 0 Å². The molecule has 0 aromatic carbocycles. The SMILES string of the molecule is Cc1cc(C=NNc2cc(-c3ccncc3)cc(OCCN3CCOCC3)n2)sc1C. The minimum Gasteiger partial charge on any atom is -0.476 e. The molecule has 8 heteroatoms. The first-order valence-corrected chi connectivity index (χ1v) is 11.2. The van der Waals surface area contributed by atoms with E-state index in [1.165, 1.54) is 10.4 Å². The molecule has 0 spiro atoms. The Balaban J connectivity index is 1.47. The zero-order chi connectivity index (χ0) is 21.5. The minimum atomic E-state index is 0.572. The number of hydrogen-bond acceptors (Lipinski definition) is 8. The predicted molar refractivity (Wildman–Crippen MR) is 125 cm³/mol. The molecule has 4 heterocycles. The maximum atomic E-state index is 6.00. The largest absolute Gasteiger partial charge is 0.476 e. The number of hydrogen-bond donors (Lipinski definition) is 1. The summed E-state index contributed by atoms with van der Waals surface area (Å²) >= 11 is 1.72. The molecule has 162 valence electrons. The highest BCUT2D eigenvalue weighted by Gasteiger charge is 2.11. The Bertz CT molecular complexity index is 997. The van der Waals surface area contributed by atoms with E-state index in [1.807, 2.05) is 30.5 Å². The molecule has 0 saturated carbocycles. The number of nitrogens with zero attached hydrogens (tertiary/aromatic N) is 4. The van der Waals surface area contributed by atoms with Crippen LogP contribution in [0.25, 0.3) is 11.1 Å². The van der Waals surface area contributed by atoms with Crippen molar-refractivity contribution in [2.24, 2.45) is 5.10 Å². The van der Waals surface area contributed by atoms with E-state index < -0.39 is 0 Å². The van der Waals surface area contributed by atoms with Crippen molar-refractivity contribution in [3.8, 4) is 17.0 Å². The van der Waals surface area contributed by atoms with Crippen LogP contribution in [0.3, 0.4) is 0 Å². The van der Waals surface area contributed by atoms with E-state index in [0.29, 0.717) is 18.3 Å². The summed E-state index contributed by atoms with van der Waals surface area (Å²) in [5.41, 5.74) is 6.38. The predicted octanol–water partition coefficient (Wildman–Crippen LogP) is 3.98. The number of aromatic nitrogens is 2. The van der Waals surface area contributed by atoms with Gasteiger partial charge in [-0.3, -0.25) is 15.3 Å². The van der Waals surface area contributed by atoms with Gasteiger partial charge in [-0.15, -0.1) is 11.3 Å². The van der Waals surface area contributed by atoms with Crippen molar-refractivity contribution < 1.29 is 9.47 Å². The first-order chi connectivity index (χ1) is 15.2. The van der Waals surface area contributed by atoms with Gasteiger partial charge in [0, 0.05) is 47.8 Å². The molecule has 4 rings (SSSR count). The second-order valence-electron chi connectivity index (χ2n) is 7.38. The smallest absolute Gasteiger partial charge is 0.215 e. The Morgan fingerprint density at radius 1 is 1.16 bits per heavy atom. The Labute approximate surface area is 186 Å². The summed E-state index contributed by atoms with van der Waals surface area (Å²) in [6.07, 6.45) is 5.38. The molecule has 3 aromatic heterocycles. The van der Waals surface area contributed by atoms with Crippen LogP contribution in [0.15, 0.2) is 47.8 Å². The van der Waals surface area contributed by atoms with Crippen LogP contribution < -0.4 is 10.2 Å². The van der Waals surface area contributed by atoms with Crippen LogP contribution >= 0.6 is 11.3 Å². The van der Waals surface area contributed by atoms with Crippen LogP contribution in [0, 0.1) is 13.8 Å². The Kier molecular flexibility index (Phi) is 7.24. The number of ether oxygens (including phenoxy) is 2. The fraction of sp³-hybridized carbons (Fsp3) is 0.348. The quantitative estimate of drug-likeness (QED) is 0.425. The average Bonchev–Trinajstić information content (AvgIpc) is 3.12. The van der Waals surface area contributed by atoms with Crippen LogP contribution in [-0.4, -0.2) is 60.5 Å². The third kappa shape index (κ3) is 6.10. The van der Waals surface area contributed by atoms with Crippen LogP contribution in [-0.2, 0) is 4.74 Å². The van der Waals surface area contributed by atoms with E-state index in [9.17, 15) is 0 Å². The lowest BCUT2D eigenvalue weighted by Crippen LogP contribution is -2.38. The lowest BCUT2D eigenvalue weighted by molar-refractivity contribution is 0.0320. The van der Waals surface area contributed by atoms with Gasteiger partial charge in [0.1, 0.15) is 6.61 Å². The fourth-order valence-corrected chi connectivity index (χ4v) is 4.19. The van der Waals surface area contributed by atoms with Crippen LogP contribution in [0.4, 0.5) is 5.82 Å². The number of pyridine rings is 2. The molecule has 3 aromatic rings. The lowest BCUT2D eigenvalue weighted by atomic mass is 10.1. The van der Waals surface area contributed by atoms with Gasteiger partial charge < -0.3 is 9.47 Å². The van der Waals surface area contributed by atoms with E-state index >= 15 is 0 Å². The molecule has 1 aliphatic rings. The first kappa shape index (κ1) is 21.4. The van der Waals surface area contributed by atoms with Gasteiger partial charge in [-0.25, -0.2) is 0 Å². The second-order valence-corrected chi connectivity index (χ2v) is 8.66.